The first-order chi connectivity index (χ1) is 13.5. The van der Waals surface area contributed by atoms with E-state index >= 15 is 0 Å². The number of amides is 1. The molecule has 2 aromatic carbocycles. The first-order valence-electron chi connectivity index (χ1n) is 9.21. The van der Waals surface area contributed by atoms with Crippen molar-refractivity contribution < 1.29 is 11.0 Å². The van der Waals surface area contributed by atoms with Gasteiger partial charge >= 0.3 is 0 Å². The highest BCUT2D eigenvalue weighted by Gasteiger charge is 2.51. The summed E-state index contributed by atoms with van der Waals surface area (Å²) in [5, 5.41) is 3.67. The van der Waals surface area contributed by atoms with Crippen molar-refractivity contribution in [3.63, 3.8) is 0 Å². The maximum absolute atomic E-state index is 13.0. The van der Waals surface area contributed by atoms with Crippen LogP contribution in [0.15, 0.2) is 60.7 Å². The number of ether oxygens (including phenoxy) is 1. The Bertz CT molecular complexity index is 1030. The lowest BCUT2D eigenvalue weighted by molar-refractivity contribution is -0.118. The number of aromatic nitrogens is 1. The lowest BCUT2D eigenvalue weighted by Crippen LogP contribution is -2.28. The number of halogens is 1. The van der Waals surface area contributed by atoms with Gasteiger partial charge in [-0.25, -0.2) is 4.98 Å². The van der Waals surface area contributed by atoms with Crippen LogP contribution in [0.1, 0.15) is 25.4 Å². The van der Waals surface area contributed by atoms with E-state index in [1.54, 1.807) is 7.11 Å². The Balaban J connectivity index is 0.00000240. The molecule has 0 radical (unpaired) electrons. The Morgan fingerprint density at radius 1 is 1.14 bits per heavy atom. The summed E-state index contributed by atoms with van der Waals surface area (Å²) in [7, 11) is 1.63. The van der Waals surface area contributed by atoms with Gasteiger partial charge in [-0.3, -0.25) is 4.79 Å². The summed E-state index contributed by atoms with van der Waals surface area (Å²) in [5.41, 5.74) is 3.30. The van der Waals surface area contributed by atoms with E-state index in [2.05, 4.69) is 10.3 Å². The quantitative estimate of drug-likeness (QED) is 0.609. The molecule has 4 nitrogen and oxygen atoms in total. The van der Waals surface area contributed by atoms with Crippen LogP contribution in [0.25, 0.3) is 11.3 Å². The summed E-state index contributed by atoms with van der Waals surface area (Å²) in [6, 6.07) is 19.1. The Morgan fingerprint density at radius 2 is 1.89 bits per heavy atom. The molecule has 1 aliphatic rings. The van der Waals surface area contributed by atoms with Gasteiger partial charge in [0.25, 0.3) is 0 Å². The SMILES string of the molecule is COc1ccc(C2(C(=O)Nc3ccc(C)c(-c4cccc(Cl)c4)n3)CC2)cc1.[HH]. The molecule has 1 heterocycles. The number of rotatable bonds is 5. The van der Waals surface area contributed by atoms with Crippen LogP contribution in [-0.2, 0) is 10.2 Å². The monoisotopic (exact) mass is 394 g/mol. The molecule has 1 N–H and O–H groups in total. The summed E-state index contributed by atoms with van der Waals surface area (Å²) in [5.74, 6) is 1.31. The summed E-state index contributed by atoms with van der Waals surface area (Å²) in [6.45, 7) is 1.99. The molecule has 0 saturated heterocycles. The van der Waals surface area contributed by atoms with Gasteiger partial charge in [-0.05, 0) is 61.2 Å². The number of hydrogen-bond acceptors (Lipinski definition) is 3. The molecule has 1 aromatic heterocycles. The number of nitrogens with one attached hydrogen (secondary N) is 1. The van der Waals surface area contributed by atoms with Crippen LogP contribution in [-0.4, -0.2) is 18.0 Å². The molecule has 0 unspecified atom stereocenters. The number of benzene rings is 2. The molecular formula is C23H23ClN2O2. The maximum atomic E-state index is 13.0. The second kappa shape index (κ2) is 7.28. The molecule has 144 valence electrons. The van der Waals surface area contributed by atoms with Crippen molar-refractivity contribution in [2.45, 2.75) is 25.2 Å². The highest BCUT2D eigenvalue weighted by Crippen LogP contribution is 2.49. The Labute approximate surface area is 171 Å². The van der Waals surface area contributed by atoms with E-state index in [4.69, 9.17) is 16.3 Å². The van der Waals surface area contributed by atoms with Crippen LogP contribution in [0.5, 0.6) is 5.75 Å². The number of hydrogen-bond donors (Lipinski definition) is 1. The number of aryl methyl sites for hydroxylation is 1. The zero-order valence-corrected chi connectivity index (χ0v) is 16.6. The minimum absolute atomic E-state index is 0. The molecule has 4 rings (SSSR count). The number of nitrogens with zero attached hydrogens (tertiary/aromatic N) is 1. The van der Waals surface area contributed by atoms with Gasteiger partial charge in [-0.1, -0.05) is 41.9 Å². The highest BCUT2D eigenvalue weighted by molar-refractivity contribution is 6.30. The molecule has 0 bridgehead atoms. The van der Waals surface area contributed by atoms with E-state index in [0.29, 0.717) is 10.8 Å². The Kier molecular flexibility index (Phi) is 4.82. The van der Waals surface area contributed by atoms with Crippen LogP contribution < -0.4 is 10.1 Å². The van der Waals surface area contributed by atoms with Gasteiger partial charge in [0.2, 0.25) is 5.91 Å². The average molecular weight is 395 g/mol. The van der Waals surface area contributed by atoms with Crippen LogP contribution in [0, 0.1) is 6.92 Å². The number of carbonyl (C=O) groups excluding carboxylic acids is 1. The Morgan fingerprint density at radius 3 is 2.54 bits per heavy atom. The molecule has 1 saturated carbocycles. The molecule has 0 spiro atoms. The van der Waals surface area contributed by atoms with Gasteiger partial charge in [0.05, 0.1) is 18.2 Å². The molecule has 0 atom stereocenters. The molecular weight excluding hydrogens is 372 g/mol. The van der Waals surface area contributed by atoms with E-state index in [0.717, 1.165) is 41.0 Å². The van der Waals surface area contributed by atoms with Crippen LogP contribution in [0.2, 0.25) is 5.02 Å². The lowest BCUT2D eigenvalue weighted by atomic mass is 9.95. The van der Waals surface area contributed by atoms with Crippen molar-refractivity contribution in [3.8, 4) is 17.0 Å². The van der Waals surface area contributed by atoms with Crippen molar-refractivity contribution in [1.29, 1.82) is 0 Å². The molecule has 0 aliphatic heterocycles. The third-order valence-electron chi connectivity index (χ3n) is 5.26. The average Bonchev–Trinajstić information content (AvgIpc) is 3.51. The number of anilines is 1. The van der Waals surface area contributed by atoms with E-state index in [-0.39, 0.29) is 7.33 Å². The minimum Gasteiger partial charge on any atom is -0.497 e. The molecule has 28 heavy (non-hydrogen) atoms. The zero-order chi connectivity index (χ0) is 19.7. The minimum atomic E-state index is -0.477. The topological polar surface area (TPSA) is 51.2 Å². The molecule has 3 aromatic rings. The van der Waals surface area contributed by atoms with Crippen molar-refractivity contribution in [2.75, 3.05) is 12.4 Å². The van der Waals surface area contributed by atoms with Crippen molar-refractivity contribution in [2.24, 2.45) is 0 Å². The normalized spacial score (nSPS) is 14.4. The fourth-order valence-electron chi connectivity index (χ4n) is 3.44. The second-order valence-corrected chi connectivity index (χ2v) is 7.57. The summed E-state index contributed by atoms with van der Waals surface area (Å²) < 4.78 is 5.21. The van der Waals surface area contributed by atoms with Crippen molar-refractivity contribution in [3.05, 3.63) is 76.8 Å². The number of carbonyl (C=O) groups is 1. The van der Waals surface area contributed by atoms with Gasteiger partial charge in [0.15, 0.2) is 0 Å². The Hall–Kier alpha value is -2.85. The lowest BCUT2D eigenvalue weighted by Gasteiger charge is -2.17. The predicted octanol–water partition coefficient (Wildman–Crippen LogP) is 5.64. The van der Waals surface area contributed by atoms with E-state index in [9.17, 15) is 4.79 Å². The van der Waals surface area contributed by atoms with Gasteiger partial charge < -0.3 is 10.1 Å². The van der Waals surface area contributed by atoms with Crippen LogP contribution in [0.3, 0.4) is 0 Å². The van der Waals surface area contributed by atoms with Crippen molar-refractivity contribution in [1.82, 2.24) is 4.98 Å². The second-order valence-electron chi connectivity index (χ2n) is 7.14. The van der Waals surface area contributed by atoms with Crippen molar-refractivity contribution >= 4 is 23.3 Å². The molecule has 5 heteroatoms. The first kappa shape index (κ1) is 18.5. The van der Waals surface area contributed by atoms with E-state index in [1.807, 2.05) is 67.6 Å². The van der Waals surface area contributed by atoms with E-state index in [1.165, 1.54) is 0 Å². The number of pyridine rings is 1. The maximum Gasteiger partial charge on any atom is 0.236 e. The highest BCUT2D eigenvalue weighted by atomic mass is 35.5. The summed E-state index contributed by atoms with van der Waals surface area (Å²) in [6.07, 6.45) is 1.66. The van der Waals surface area contributed by atoms with Crippen LogP contribution in [0.4, 0.5) is 5.82 Å². The van der Waals surface area contributed by atoms with Gasteiger partial charge in [-0.15, -0.1) is 0 Å². The zero-order valence-electron chi connectivity index (χ0n) is 15.8. The standard InChI is InChI=1S/C23H21ClN2O2.H2/c1-15-6-11-20(25-21(15)16-4-3-5-18(24)14-16)26-22(27)23(12-13-23)17-7-9-19(28-2)10-8-17;/h3-11,14H,12-13H2,1-2H3,(H,25,26,27);1H. The first-order valence-corrected chi connectivity index (χ1v) is 9.59. The smallest absolute Gasteiger partial charge is 0.236 e. The summed E-state index contributed by atoms with van der Waals surface area (Å²) in [4.78, 5) is 17.7. The largest absolute Gasteiger partial charge is 0.497 e. The fourth-order valence-corrected chi connectivity index (χ4v) is 3.63. The fraction of sp³-hybridized carbons (Fsp3) is 0.217. The van der Waals surface area contributed by atoms with Crippen LogP contribution >= 0.6 is 11.6 Å². The summed E-state index contributed by atoms with van der Waals surface area (Å²) >= 11 is 6.12. The third kappa shape index (κ3) is 3.48. The van der Waals surface area contributed by atoms with Gasteiger partial charge in [0, 0.05) is 12.0 Å². The van der Waals surface area contributed by atoms with E-state index < -0.39 is 5.41 Å². The molecule has 1 fully saturated rings. The molecule has 1 amide bonds. The van der Waals surface area contributed by atoms with Gasteiger partial charge in [-0.2, -0.15) is 0 Å². The third-order valence-corrected chi connectivity index (χ3v) is 5.50. The number of methoxy groups -OCH3 is 1. The molecule has 1 aliphatic carbocycles. The predicted molar refractivity (Wildman–Crippen MR) is 114 cm³/mol. The van der Waals surface area contributed by atoms with Gasteiger partial charge in [0.1, 0.15) is 11.6 Å².